The number of nitrogens with one attached hydrogen (secondary N) is 1. The minimum Gasteiger partial charge on any atom is -0.462 e. The van der Waals surface area contributed by atoms with Gasteiger partial charge in [0.15, 0.2) is 0 Å². The van der Waals surface area contributed by atoms with Crippen molar-refractivity contribution in [3.63, 3.8) is 0 Å². The molecule has 0 unspecified atom stereocenters. The predicted octanol–water partition coefficient (Wildman–Crippen LogP) is 11.6. The smallest absolute Gasteiger partial charge is 0.302 e. The summed E-state index contributed by atoms with van der Waals surface area (Å²) in [6.07, 6.45) is 26.0. The van der Waals surface area contributed by atoms with E-state index in [9.17, 15) is 14.7 Å². The van der Waals surface area contributed by atoms with Crippen molar-refractivity contribution >= 4 is 11.9 Å². The highest BCUT2D eigenvalue weighted by Gasteiger charge is 2.61. The average molecular weight is 935 g/mol. The zero-order chi connectivity index (χ0) is 47.8. The number of rotatable bonds is 1. The second-order valence-corrected chi connectivity index (χ2v) is 26.6. The number of nitrogens with zero attached hydrogens (tertiary/aromatic N) is 1. The Morgan fingerprint density at radius 1 is 0.721 bits per heavy atom. The summed E-state index contributed by atoms with van der Waals surface area (Å²) >= 11 is 0. The summed E-state index contributed by atoms with van der Waals surface area (Å²) in [5.41, 5.74) is 10.4. The number of aliphatic hydroxyl groups excluding tert-OH is 1. The molecule has 0 aromatic rings. The first-order valence-corrected chi connectivity index (χ1v) is 28.3. The highest BCUT2D eigenvalue weighted by molar-refractivity contribution is 5.74. The molecular weight excluding hydrogens is 845 g/mol. The molecule has 1 amide bonds. The topological polar surface area (TPSA) is 97.3 Å². The van der Waals surface area contributed by atoms with Crippen LogP contribution in [0.3, 0.4) is 0 Å². The summed E-state index contributed by atoms with van der Waals surface area (Å²) in [4.78, 5) is 26.3. The molecule has 4 saturated carbocycles. The molecule has 20 atom stereocenters. The van der Waals surface area contributed by atoms with Gasteiger partial charge >= 0.3 is 5.97 Å². The maximum Gasteiger partial charge on any atom is 0.302 e. The highest BCUT2D eigenvalue weighted by Crippen LogP contribution is 2.66. The van der Waals surface area contributed by atoms with Crippen LogP contribution in [0.5, 0.6) is 0 Å². The molecule has 8 fully saturated rings. The number of hydrogen-bond acceptors (Lipinski definition) is 7. The molecule has 8 heteroatoms. The number of aliphatic hydroxyl groups is 1. The van der Waals surface area contributed by atoms with Crippen LogP contribution in [0.1, 0.15) is 185 Å². The van der Waals surface area contributed by atoms with E-state index in [2.05, 4.69) is 77.8 Å². The van der Waals surface area contributed by atoms with Crippen molar-refractivity contribution in [2.75, 3.05) is 13.1 Å². The lowest BCUT2D eigenvalue weighted by molar-refractivity contribution is -0.148. The van der Waals surface area contributed by atoms with Gasteiger partial charge < -0.3 is 29.5 Å². The van der Waals surface area contributed by atoms with Crippen molar-refractivity contribution in [1.82, 2.24) is 10.2 Å². The van der Waals surface area contributed by atoms with Gasteiger partial charge in [-0.25, -0.2) is 0 Å². The van der Waals surface area contributed by atoms with Crippen LogP contribution in [0.25, 0.3) is 0 Å². The second kappa shape index (κ2) is 17.5. The molecule has 4 aliphatic heterocycles. The van der Waals surface area contributed by atoms with Gasteiger partial charge in [-0.1, -0.05) is 87.1 Å². The second-order valence-electron chi connectivity index (χ2n) is 26.6. The standard InChI is InChI=1S/C32H47NO4.C28H43NO2/c1-18-13-29-30(33(17-18)21(4)34)20(3)32(37-29)12-10-25-26-8-7-23-14-24(36-22(5)35)9-11-31(23,6)28(26)15-27(25)19(2)16-32;1-16-11-25-26(29-15-16)18(3)28(31-25)10-8-21-22-6-5-19-12-20(30)7-9-27(19,4)24(22)13-23(21)17(2)14-28/h7,18,20,24-26,28-30H,8-17H2,1-6H3;5,16,18,20-22,24-26,29-30H,6-15H2,1-4H3/t18-,20+,24-,25-,26-,28-,29+,30-,31-,32-;16-,18+,20-,21-,22-,24-,25+,26-,27-,28-/m00/s1. The van der Waals surface area contributed by atoms with Crippen LogP contribution >= 0.6 is 0 Å². The van der Waals surface area contributed by atoms with Gasteiger partial charge in [0, 0.05) is 44.7 Å². The fraction of sp³-hybridized carbons (Fsp3) is 0.833. The lowest BCUT2D eigenvalue weighted by Gasteiger charge is -2.49. The Morgan fingerprint density at radius 2 is 1.28 bits per heavy atom. The molecule has 8 nitrogen and oxygen atoms in total. The number of amides is 1. The summed E-state index contributed by atoms with van der Waals surface area (Å²) in [6, 6.07) is 0.774. The molecule has 12 aliphatic rings. The van der Waals surface area contributed by atoms with E-state index >= 15 is 0 Å². The van der Waals surface area contributed by atoms with E-state index in [1.165, 1.54) is 58.3 Å². The number of fused-ring (bicyclic) bond motifs is 12. The van der Waals surface area contributed by atoms with Crippen LogP contribution in [0.15, 0.2) is 45.6 Å². The average Bonchev–Trinajstić information content (AvgIpc) is 3.96. The molecule has 12 rings (SSSR count). The summed E-state index contributed by atoms with van der Waals surface area (Å²) in [6.45, 7) is 24.7. The lowest BCUT2D eigenvalue weighted by Crippen LogP contribution is -2.53. The van der Waals surface area contributed by atoms with E-state index in [-0.39, 0.29) is 52.8 Å². The number of carbonyl (C=O) groups is 2. The third kappa shape index (κ3) is 7.68. The first-order chi connectivity index (χ1) is 32.3. The number of allylic oxidation sites excluding steroid dienone is 4. The monoisotopic (exact) mass is 935 g/mol. The summed E-state index contributed by atoms with van der Waals surface area (Å²) in [7, 11) is 0. The molecule has 0 aromatic heterocycles. The Balaban J connectivity index is 0.000000151. The minimum absolute atomic E-state index is 0.0534. The Morgan fingerprint density at radius 3 is 1.88 bits per heavy atom. The Kier molecular flexibility index (Phi) is 12.3. The van der Waals surface area contributed by atoms with E-state index in [0.29, 0.717) is 53.1 Å². The SMILES string of the molecule is CC(=O)O[C@H]1CC[C@@]2(C)C(=CC[C@H]3[C@@H]4CC[C@@]5(CC(C)=C4C[C@@H]32)O[C@@H]2C[C@H](C)CN(C(C)=O)[C@H]2[C@H]5C)C1.CC1=C2C[C@H]3[C@@H](CC=C4C[C@@H](O)CC[C@@]43C)[C@@H]2CC[C@@]2(C1)O[C@@H]1C[C@H](C)CN[C@H]1[C@H]2C. The van der Waals surface area contributed by atoms with E-state index < -0.39 is 0 Å². The zero-order valence-corrected chi connectivity index (χ0v) is 44.0. The van der Waals surface area contributed by atoms with Crippen LogP contribution in [0.4, 0.5) is 0 Å². The van der Waals surface area contributed by atoms with Crippen molar-refractivity contribution in [3.8, 4) is 0 Å². The third-order valence-corrected chi connectivity index (χ3v) is 22.9. The van der Waals surface area contributed by atoms with E-state index in [1.807, 2.05) is 0 Å². The fourth-order valence-corrected chi connectivity index (χ4v) is 19.3. The van der Waals surface area contributed by atoms with Crippen LogP contribution in [-0.2, 0) is 23.8 Å². The lowest BCUT2D eigenvalue weighted by atomic mass is 9.56. The Labute approximate surface area is 410 Å². The predicted molar refractivity (Wildman–Crippen MR) is 268 cm³/mol. The molecule has 376 valence electrons. The van der Waals surface area contributed by atoms with Gasteiger partial charge in [-0.2, -0.15) is 0 Å². The number of ether oxygens (including phenoxy) is 3. The molecule has 0 aromatic carbocycles. The normalized spacial score (nSPS) is 50.2. The minimum atomic E-state index is -0.148. The number of carbonyl (C=O) groups excluding carboxylic acids is 2. The maximum absolute atomic E-state index is 12.6. The molecule has 2 N–H and O–H groups in total. The molecule has 8 aliphatic carbocycles. The molecular formula is C60H90N2O6. The van der Waals surface area contributed by atoms with Gasteiger partial charge in [0.1, 0.15) is 6.10 Å². The van der Waals surface area contributed by atoms with Gasteiger partial charge in [0.2, 0.25) is 5.91 Å². The fourth-order valence-electron chi connectivity index (χ4n) is 19.3. The van der Waals surface area contributed by atoms with E-state index in [4.69, 9.17) is 14.2 Å². The van der Waals surface area contributed by atoms with Gasteiger partial charge in [-0.05, 0) is 188 Å². The van der Waals surface area contributed by atoms with Gasteiger partial charge in [-0.3, -0.25) is 9.59 Å². The number of esters is 1. The molecule has 0 radical (unpaired) electrons. The Hall–Kier alpha value is -2.26. The largest absolute Gasteiger partial charge is 0.462 e. The van der Waals surface area contributed by atoms with Crippen LogP contribution in [-0.4, -0.2) is 82.7 Å². The number of likely N-dealkylation sites (tertiary alicyclic amines) is 1. The molecule has 2 spiro atoms. The van der Waals surface area contributed by atoms with Gasteiger partial charge in [0.05, 0.1) is 35.6 Å². The van der Waals surface area contributed by atoms with Crippen molar-refractivity contribution in [1.29, 1.82) is 0 Å². The van der Waals surface area contributed by atoms with Crippen molar-refractivity contribution in [2.24, 2.45) is 70.0 Å². The van der Waals surface area contributed by atoms with Crippen LogP contribution in [0.2, 0.25) is 0 Å². The van der Waals surface area contributed by atoms with Gasteiger partial charge in [0.25, 0.3) is 0 Å². The first kappa shape index (κ1) is 48.0. The molecule has 4 heterocycles. The molecule has 68 heavy (non-hydrogen) atoms. The number of hydrogen-bond donors (Lipinski definition) is 2. The number of piperidine rings is 2. The quantitative estimate of drug-likeness (QED) is 0.200. The van der Waals surface area contributed by atoms with E-state index in [0.717, 1.165) is 101 Å². The summed E-state index contributed by atoms with van der Waals surface area (Å²) in [5.74, 6) is 6.69. The van der Waals surface area contributed by atoms with Crippen molar-refractivity contribution < 1.29 is 28.9 Å². The third-order valence-electron chi connectivity index (χ3n) is 22.9. The van der Waals surface area contributed by atoms with E-state index in [1.54, 1.807) is 40.4 Å². The molecule has 4 saturated heterocycles. The van der Waals surface area contributed by atoms with Crippen molar-refractivity contribution in [2.45, 2.75) is 233 Å². The molecule has 0 bridgehead atoms. The first-order valence-electron chi connectivity index (χ1n) is 28.3. The highest BCUT2D eigenvalue weighted by atomic mass is 16.5. The van der Waals surface area contributed by atoms with Crippen LogP contribution in [0, 0.1) is 70.0 Å². The van der Waals surface area contributed by atoms with Crippen LogP contribution < -0.4 is 5.32 Å². The Bertz CT molecular complexity index is 2160. The maximum atomic E-state index is 12.6. The zero-order valence-electron chi connectivity index (χ0n) is 44.0. The van der Waals surface area contributed by atoms with Crippen molar-refractivity contribution in [3.05, 3.63) is 45.6 Å². The summed E-state index contributed by atoms with van der Waals surface area (Å²) < 4.78 is 19.7. The summed E-state index contributed by atoms with van der Waals surface area (Å²) in [5, 5.41) is 14.1. The van der Waals surface area contributed by atoms with Gasteiger partial charge in [-0.15, -0.1) is 0 Å².